The molecule has 1 heterocycles. The van der Waals surface area contributed by atoms with Gasteiger partial charge >= 0.3 is 11.9 Å². The van der Waals surface area contributed by atoms with Crippen molar-refractivity contribution in [3.05, 3.63) is 36.5 Å². The Bertz CT molecular complexity index is 456. The molecule has 1 rings (SSSR count). The fraction of sp³-hybridized carbons (Fsp3) is 0.308. The number of rotatable bonds is 7. The maximum atomic E-state index is 11.4. The number of ether oxygens (including phenoxy) is 1. The average Bonchev–Trinajstić information content (AvgIpc) is 2.38. The maximum Gasteiger partial charge on any atom is 0.339 e. The van der Waals surface area contributed by atoms with Crippen molar-refractivity contribution in [1.82, 2.24) is 4.98 Å². The van der Waals surface area contributed by atoms with Gasteiger partial charge < -0.3 is 14.7 Å². The van der Waals surface area contributed by atoms with Crippen LogP contribution in [0.4, 0.5) is 5.82 Å². The Kier molecular flexibility index (Phi) is 5.53. The summed E-state index contributed by atoms with van der Waals surface area (Å²) in [5.41, 5.74) is 0.333. The number of carbonyl (C=O) groups excluding carboxylic acids is 1. The summed E-state index contributed by atoms with van der Waals surface area (Å²) in [6.45, 7) is 5.76. The summed E-state index contributed by atoms with van der Waals surface area (Å²) in [6, 6.07) is 3.14. The van der Waals surface area contributed by atoms with E-state index in [2.05, 4.69) is 11.6 Å². The summed E-state index contributed by atoms with van der Waals surface area (Å²) in [5, 5.41) is 8.81. The minimum absolute atomic E-state index is 0.183. The Balaban J connectivity index is 2.85. The summed E-state index contributed by atoms with van der Waals surface area (Å²) in [5.74, 6) is -0.941. The highest BCUT2D eigenvalue weighted by atomic mass is 16.5. The van der Waals surface area contributed by atoms with Crippen LogP contribution in [-0.4, -0.2) is 41.7 Å². The van der Waals surface area contributed by atoms with E-state index in [-0.39, 0.29) is 6.54 Å². The van der Waals surface area contributed by atoms with E-state index in [1.54, 1.807) is 25.1 Å². The molecule has 1 aromatic heterocycles. The zero-order valence-corrected chi connectivity index (χ0v) is 10.7. The number of hydrogen-bond donors (Lipinski definition) is 1. The highest BCUT2D eigenvalue weighted by Crippen LogP contribution is 2.12. The molecule has 1 aromatic rings. The lowest BCUT2D eigenvalue weighted by atomic mass is 10.3. The Morgan fingerprint density at radius 1 is 1.53 bits per heavy atom. The fourth-order valence-corrected chi connectivity index (χ4v) is 1.47. The largest absolute Gasteiger partial charge is 0.480 e. The molecular weight excluding hydrogens is 248 g/mol. The second-order valence-corrected chi connectivity index (χ2v) is 3.69. The molecule has 6 nitrogen and oxygen atoms in total. The molecule has 0 amide bonds. The lowest BCUT2D eigenvalue weighted by Gasteiger charge is -2.19. The number of pyridine rings is 1. The summed E-state index contributed by atoms with van der Waals surface area (Å²) in [6.07, 6.45) is 2.95. The predicted octanol–water partition coefficient (Wildman–Crippen LogP) is 1.34. The van der Waals surface area contributed by atoms with E-state index in [9.17, 15) is 9.59 Å². The molecule has 0 aliphatic heterocycles. The molecule has 0 aliphatic rings. The van der Waals surface area contributed by atoms with Gasteiger partial charge in [0.05, 0.1) is 12.2 Å². The van der Waals surface area contributed by atoms with Crippen molar-refractivity contribution in [1.29, 1.82) is 0 Å². The first-order valence-electron chi connectivity index (χ1n) is 5.79. The van der Waals surface area contributed by atoms with Gasteiger partial charge in [-0.2, -0.15) is 0 Å². The lowest BCUT2D eigenvalue weighted by Crippen LogP contribution is -2.30. The van der Waals surface area contributed by atoms with E-state index >= 15 is 0 Å². The van der Waals surface area contributed by atoms with Crippen LogP contribution >= 0.6 is 0 Å². The van der Waals surface area contributed by atoms with Crippen LogP contribution < -0.4 is 4.90 Å². The van der Waals surface area contributed by atoms with Gasteiger partial charge in [0.1, 0.15) is 12.4 Å². The summed E-state index contributed by atoms with van der Waals surface area (Å²) in [4.78, 5) is 27.8. The summed E-state index contributed by atoms with van der Waals surface area (Å²) >= 11 is 0. The van der Waals surface area contributed by atoms with Crippen molar-refractivity contribution in [2.45, 2.75) is 6.92 Å². The van der Waals surface area contributed by atoms with Crippen molar-refractivity contribution >= 4 is 17.8 Å². The number of carboxylic acid groups (broad SMARTS) is 1. The number of anilines is 1. The zero-order chi connectivity index (χ0) is 14.3. The molecule has 0 saturated heterocycles. The fourth-order valence-electron chi connectivity index (χ4n) is 1.47. The van der Waals surface area contributed by atoms with Gasteiger partial charge in [-0.25, -0.2) is 9.78 Å². The third-order valence-corrected chi connectivity index (χ3v) is 2.26. The number of aliphatic carboxylic acids is 1. The molecule has 19 heavy (non-hydrogen) atoms. The van der Waals surface area contributed by atoms with E-state index in [4.69, 9.17) is 9.84 Å². The van der Waals surface area contributed by atoms with Crippen LogP contribution in [0.15, 0.2) is 31.0 Å². The first kappa shape index (κ1) is 14.7. The second-order valence-electron chi connectivity index (χ2n) is 3.69. The third kappa shape index (κ3) is 4.42. The minimum Gasteiger partial charge on any atom is -0.480 e. The van der Waals surface area contributed by atoms with E-state index in [0.717, 1.165) is 0 Å². The Morgan fingerprint density at radius 2 is 2.26 bits per heavy atom. The van der Waals surface area contributed by atoms with Gasteiger partial charge in [-0.15, -0.1) is 6.58 Å². The number of carbonyl (C=O) groups is 2. The first-order chi connectivity index (χ1) is 9.08. The van der Waals surface area contributed by atoms with Gasteiger partial charge in [0.2, 0.25) is 0 Å². The molecule has 0 spiro atoms. The van der Waals surface area contributed by atoms with Crippen LogP contribution in [-0.2, 0) is 9.53 Å². The standard InChI is InChI=1S/C13H16N2O4/c1-3-7-15(9-12(16)17)11-6-5-10(8-14-11)13(18)19-4-2/h3,5-6,8H,1,4,7,9H2,2H3,(H,16,17). The molecule has 6 heteroatoms. The second kappa shape index (κ2) is 7.15. The van der Waals surface area contributed by atoms with Crippen LogP contribution in [0.1, 0.15) is 17.3 Å². The average molecular weight is 264 g/mol. The summed E-state index contributed by atoms with van der Waals surface area (Å²) in [7, 11) is 0. The Morgan fingerprint density at radius 3 is 2.74 bits per heavy atom. The smallest absolute Gasteiger partial charge is 0.339 e. The molecule has 0 saturated carbocycles. The van der Waals surface area contributed by atoms with Gasteiger partial charge in [-0.3, -0.25) is 4.79 Å². The summed E-state index contributed by atoms with van der Waals surface area (Å²) < 4.78 is 4.84. The molecule has 0 atom stereocenters. The SMILES string of the molecule is C=CCN(CC(=O)O)c1ccc(C(=O)OCC)cn1. The molecule has 0 aromatic carbocycles. The Labute approximate surface area is 111 Å². The quantitative estimate of drug-likeness (QED) is 0.591. The predicted molar refractivity (Wildman–Crippen MR) is 70.2 cm³/mol. The van der Waals surface area contributed by atoms with E-state index in [1.807, 2.05) is 0 Å². The van der Waals surface area contributed by atoms with Crippen molar-refractivity contribution in [3.63, 3.8) is 0 Å². The van der Waals surface area contributed by atoms with E-state index in [1.165, 1.54) is 11.1 Å². The Hall–Kier alpha value is -2.37. The van der Waals surface area contributed by atoms with Gasteiger partial charge in [0, 0.05) is 12.7 Å². The first-order valence-corrected chi connectivity index (χ1v) is 5.79. The van der Waals surface area contributed by atoms with Gasteiger partial charge in [-0.1, -0.05) is 6.08 Å². The molecule has 1 N–H and O–H groups in total. The molecule has 0 fully saturated rings. The minimum atomic E-state index is -0.960. The number of aromatic nitrogens is 1. The highest BCUT2D eigenvalue weighted by molar-refractivity contribution is 5.89. The van der Waals surface area contributed by atoms with Crippen LogP contribution in [0.3, 0.4) is 0 Å². The van der Waals surface area contributed by atoms with E-state index < -0.39 is 11.9 Å². The van der Waals surface area contributed by atoms with Crippen molar-refractivity contribution < 1.29 is 19.4 Å². The maximum absolute atomic E-state index is 11.4. The van der Waals surface area contributed by atoms with Crippen LogP contribution in [0, 0.1) is 0 Å². The monoisotopic (exact) mass is 264 g/mol. The highest BCUT2D eigenvalue weighted by Gasteiger charge is 2.12. The van der Waals surface area contributed by atoms with Crippen molar-refractivity contribution in [3.8, 4) is 0 Å². The number of hydrogen-bond acceptors (Lipinski definition) is 5. The normalized spacial score (nSPS) is 9.74. The van der Waals surface area contributed by atoms with Crippen LogP contribution in [0.25, 0.3) is 0 Å². The topological polar surface area (TPSA) is 79.7 Å². The van der Waals surface area contributed by atoms with Crippen LogP contribution in [0.2, 0.25) is 0 Å². The molecular formula is C13H16N2O4. The molecule has 0 bridgehead atoms. The zero-order valence-electron chi connectivity index (χ0n) is 10.7. The van der Waals surface area contributed by atoms with Gasteiger partial charge in [0.25, 0.3) is 0 Å². The molecule has 0 radical (unpaired) electrons. The molecule has 0 unspecified atom stereocenters. The molecule has 0 aliphatic carbocycles. The van der Waals surface area contributed by atoms with Crippen LogP contribution in [0.5, 0.6) is 0 Å². The van der Waals surface area contributed by atoms with E-state index in [0.29, 0.717) is 24.5 Å². The number of esters is 1. The number of carboxylic acids is 1. The van der Waals surface area contributed by atoms with Gasteiger partial charge in [0.15, 0.2) is 0 Å². The number of nitrogens with zero attached hydrogens (tertiary/aromatic N) is 2. The third-order valence-electron chi connectivity index (χ3n) is 2.26. The molecule has 102 valence electrons. The van der Waals surface area contributed by atoms with Gasteiger partial charge in [-0.05, 0) is 19.1 Å². The van der Waals surface area contributed by atoms with Crippen molar-refractivity contribution in [2.24, 2.45) is 0 Å². The van der Waals surface area contributed by atoms with Crippen molar-refractivity contribution in [2.75, 3.05) is 24.6 Å². The lowest BCUT2D eigenvalue weighted by molar-refractivity contribution is -0.135.